The minimum absolute atomic E-state index is 0.188. The lowest BCUT2D eigenvalue weighted by Crippen LogP contribution is -2.62. The Kier molecular flexibility index (Phi) is 9.40. The van der Waals surface area contributed by atoms with Crippen LogP contribution in [-0.4, -0.2) is 61.2 Å². The number of carbonyl (C=O) groups is 4. The molecule has 5 atom stereocenters. The van der Waals surface area contributed by atoms with E-state index in [1.807, 2.05) is 23.6 Å². The molecule has 0 radical (unpaired) electrons. The number of carbonyl (C=O) groups excluding carboxylic acids is 4. The zero-order valence-electron chi connectivity index (χ0n) is 22.6. The van der Waals surface area contributed by atoms with Gasteiger partial charge in [-0.25, -0.2) is 4.79 Å². The minimum atomic E-state index is -1.42. The topological polar surface area (TPSA) is 154 Å². The molecule has 0 spiro atoms. The van der Waals surface area contributed by atoms with Crippen LogP contribution in [0.1, 0.15) is 34.1 Å². The van der Waals surface area contributed by atoms with Gasteiger partial charge in [-0.3, -0.25) is 19.2 Å². The van der Waals surface area contributed by atoms with Gasteiger partial charge in [-0.2, -0.15) is 0 Å². The van der Waals surface area contributed by atoms with Crippen molar-refractivity contribution in [1.29, 1.82) is 0 Å². The highest BCUT2D eigenvalue weighted by Gasteiger charge is 2.53. The Morgan fingerprint density at radius 2 is 1.61 bits per heavy atom. The molecule has 0 saturated carbocycles. The largest absolute Gasteiger partial charge is 0.463 e. The van der Waals surface area contributed by atoms with Crippen LogP contribution in [0.4, 0.5) is 0 Å². The van der Waals surface area contributed by atoms with Gasteiger partial charge in [0.2, 0.25) is 12.4 Å². The van der Waals surface area contributed by atoms with Gasteiger partial charge < -0.3 is 32.8 Å². The van der Waals surface area contributed by atoms with E-state index in [0.29, 0.717) is 17.2 Å². The van der Waals surface area contributed by atoms with Crippen LogP contribution in [0.15, 0.2) is 44.6 Å². The monoisotopic (exact) mass is 588 g/mol. The third kappa shape index (κ3) is 7.50. The number of esters is 4. The van der Waals surface area contributed by atoms with Crippen LogP contribution in [0.25, 0.3) is 22.6 Å². The number of rotatable bonds is 8. The highest BCUT2D eigenvalue weighted by molar-refractivity contribution is 7.13. The lowest BCUT2D eigenvalue weighted by atomic mass is 9.98. The Balaban J connectivity index is 1.71. The van der Waals surface area contributed by atoms with Crippen LogP contribution >= 0.6 is 11.3 Å². The van der Waals surface area contributed by atoms with Crippen molar-refractivity contribution in [2.24, 2.45) is 0 Å². The lowest BCUT2D eigenvalue weighted by Gasteiger charge is -2.44. The fourth-order valence-corrected chi connectivity index (χ4v) is 5.10. The number of allylic oxidation sites excluding steroid dienone is 2. The van der Waals surface area contributed by atoms with E-state index in [9.17, 15) is 24.0 Å². The predicted molar refractivity (Wildman–Crippen MR) is 142 cm³/mol. The normalized spacial score (nSPS) is 23.3. The summed E-state index contributed by atoms with van der Waals surface area (Å²) in [5.74, 6) is -2.71. The van der Waals surface area contributed by atoms with Crippen molar-refractivity contribution in [2.75, 3.05) is 6.61 Å². The molecule has 0 unspecified atom stereocenters. The van der Waals surface area contributed by atoms with Crippen molar-refractivity contribution < 1.29 is 52.0 Å². The summed E-state index contributed by atoms with van der Waals surface area (Å²) in [7, 11) is 0. The molecule has 4 rings (SSSR count). The summed E-state index contributed by atoms with van der Waals surface area (Å²) in [6.07, 6.45) is -1.30. The summed E-state index contributed by atoms with van der Waals surface area (Å²) in [6.45, 7) is 4.18. The predicted octanol–water partition coefficient (Wildman–Crippen LogP) is 1.32. The van der Waals surface area contributed by atoms with Crippen molar-refractivity contribution in [1.82, 2.24) is 0 Å². The van der Waals surface area contributed by atoms with Crippen LogP contribution in [0, 0.1) is 0 Å². The first kappa shape index (κ1) is 29.7. The van der Waals surface area contributed by atoms with Gasteiger partial charge in [0, 0.05) is 43.9 Å². The number of fused-ring (bicyclic) bond motifs is 1. The zero-order valence-corrected chi connectivity index (χ0v) is 23.5. The van der Waals surface area contributed by atoms with Gasteiger partial charge in [-0.05, 0) is 30.0 Å². The van der Waals surface area contributed by atoms with Crippen LogP contribution < -0.4 is 16.3 Å². The van der Waals surface area contributed by atoms with Gasteiger partial charge in [-0.15, -0.1) is 11.3 Å². The summed E-state index contributed by atoms with van der Waals surface area (Å²) < 4.78 is 39.0. The number of ether oxygens (including phenoxy) is 6. The molecule has 218 valence electrons. The maximum atomic E-state index is 12.7. The lowest BCUT2D eigenvalue weighted by molar-refractivity contribution is -0.298. The molecular weight excluding hydrogens is 560 g/mol. The third-order valence-electron chi connectivity index (χ3n) is 5.92. The Labute approximate surface area is 237 Å². The summed E-state index contributed by atoms with van der Waals surface area (Å²) >= 11 is 1.41. The number of thiophene rings is 1. The highest BCUT2D eigenvalue weighted by Crippen LogP contribution is 2.31. The van der Waals surface area contributed by atoms with E-state index in [1.165, 1.54) is 24.3 Å². The number of hydrogen-bond acceptors (Lipinski definition) is 13. The molecule has 1 aliphatic heterocycles. The average Bonchev–Trinajstić information content (AvgIpc) is 3.34. The molecule has 2 aromatic rings. The van der Waals surface area contributed by atoms with E-state index >= 15 is 0 Å². The Morgan fingerprint density at radius 3 is 2.24 bits per heavy atom. The molecule has 0 amide bonds. The van der Waals surface area contributed by atoms with E-state index < -0.39 is 66.8 Å². The van der Waals surface area contributed by atoms with Crippen molar-refractivity contribution in [2.45, 2.75) is 64.8 Å². The SMILES string of the molecule is CC(=O)OC[C@H]1O[C@@H](OC2=CCC=c3cc(-c4cccs4)c(=O)oc3=C2)[C@H](OC(C)=O)[C@@H](OC(C)=O)[C@H]1OC(C)=O. The number of hydrogen-bond donors (Lipinski definition) is 0. The van der Waals surface area contributed by atoms with E-state index in [0.717, 1.165) is 25.6 Å². The second-order valence-electron chi connectivity index (χ2n) is 9.12. The van der Waals surface area contributed by atoms with E-state index in [1.54, 1.807) is 12.1 Å². The molecule has 0 N–H and O–H groups in total. The third-order valence-corrected chi connectivity index (χ3v) is 6.83. The first-order valence-corrected chi connectivity index (χ1v) is 13.5. The second kappa shape index (κ2) is 13.0. The van der Waals surface area contributed by atoms with Crippen LogP contribution in [0.3, 0.4) is 0 Å². The van der Waals surface area contributed by atoms with Gasteiger partial charge in [0.15, 0.2) is 12.2 Å². The molecule has 12 nitrogen and oxygen atoms in total. The Bertz CT molecular complexity index is 1520. The molecule has 3 heterocycles. The molecular formula is C28H28O12S. The second-order valence-corrected chi connectivity index (χ2v) is 10.1. The standard InChI is InChI=1S/C28H28O12S/c1-14(29)34-13-22-24(35-15(2)30)25(36-16(3)31)26(37-17(4)32)28(40-22)38-19-8-5-7-18-11-20(23-9-6-10-41-23)27(33)39-21(18)12-19/h6-12,22,24-26,28H,5,13H2,1-4H3/t22-,24+,25+,26-,28-/m1/s1. The molecule has 1 aliphatic carbocycles. The van der Waals surface area contributed by atoms with Crippen molar-refractivity contribution in [3.63, 3.8) is 0 Å². The highest BCUT2D eigenvalue weighted by atomic mass is 32.1. The average molecular weight is 589 g/mol. The van der Waals surface area contributed by atoms with Crippen molar-refractivity contribution in [3.8, 4) is 10.4 Å². The Hall–Kier alpha value is -4.23. The van der Waals surface area contributed by atoms with Crippen molar-refractivity contribution in [3.05, 3.63) is 56.5 Å². The molecule has 41 heavy (non-hydrogen) atoms. The zero-order chi connectivity index (χ0) is 29.7. The fraction of sp³-hybridized carbons (Fsp3) is 0.393. The summed E-state index contributed by atoms with van der Waals surface area (Å²) in [5, 5.41) is 2.52. The summed E-state index contributed by atoms with van der Waals surface area (Å²) in [5.41, 5.74) is 0.112. The van der Waals surface area contributed by atoms with Gasteiger partial charge in [-0.1, -0.05) is 12.1 Å². The van der Waals surface area contributed by atoms with Gasteiger partial charge in [0.1, 0.15) is 23.9 Å². The molecule has 1 fully saturated rings. The summed E-state index contributed by atoms with van der Waals surface area (Å²) in [4.78, 5) is 61.1. The minimum Gasteiger partial charge on any atom is -0.463 e. The van der Waals surface area contributed by atoms with Crippen LogP contribution in [0.5, 0.6) is 0 Å². The molecule has 2 aromatic heterocycles. The first-order valence-electron chi connectivity index (χ1n) is 12.6. The maximum absolute atomic E-state index is 12.7. The van der Waals surface area contributed by atoms with E-state index in [-0.39, 0.29) is 11.2 Å². The summed E-state index contributed by atoms with van der Waals surface area (Å²) in [6, 6.07) is 5.39. The molecule has 0 bridgehead atoms. The smallest absolute Gasteiger partial charge is 0.345 e. The van der Waals surface area contributed by atoms with Gasteiger partial charge in [0.25, 0.3) is 0 Å². The maximum Gasteiger partial charge on any atom is 0.345 e. The van der Waals surface area contributed by atoms with E-state index in [4.69, 9.17) is 32.8 Å². The molecule has 2 aliphatic rings. The van der Waals surface area contributed by atoms with E-state index in [2.05, 4.69) is 0 Å². The quantitative estimate of drug-likeness (QED) is 0.323. The first-order chi connectivity index (χ1) is 19.5. The van der Waals surface area contributed by atoms with Crippen LogP contribution in [-0.2, 0) is 47.6 Å². The van der Waals surface area contributed by atoms with Gasteiger partial charge in [0.05, 0.1) is 5.56 Å². The fourth-order valence-electron chi connectivity index (χ4n) is 4.37. The Morgan fingerprint density at radius 1 is 0.927 bits per heavy atom. The molecule has 0 aromatic carbocycles. The van der Waals surface area contributed by atoms with Crippen LogP contribution in [0.2, 0.25) is 0 Å². The molecule has 13 heteroatoms. The molecule has 1 saturated heterocycles. The van der Waals surface area contributed by atoms with Gasteiger partial charge >= 0.3 is 29.5 Å². The van der Waals surface area contributed by atoms with Crippen molar-refractivity contribution >= 4 is 47.4 Å².